The molecule has 1 aliphatic heterocycles. The highest BCUT2D eigenvalue weighted by molar-refractivity contribution is 5.73. The Morgan fingerprint density at radius 3 is 3.06 bits per heavy atom. The highest BCUT2D eigenvalue weighted by Gasteiger charge is 2.27. The van der Waals surface area contributed by atoms with Gasteiger partial charge in [0, 0.05) is 12.1 Å². The Bertz CT molecular complexity index is 509. The van der Waals surface area contributed by atoms with Crippen molar-refractivity contribution in [2.45, 2.75) is 6.10 Å². The molecular formula is C10H9N3O4. The third kappa shape index (κ3) is 1.98. The van der Waals surface area contributed by atoms with Crippen LogP contribution in [-0.4, -0.2) is 29.3 Å². The second-order valence-electron chi connectivity index (χ2n) is 3.54. The number of nitrogens with zero attached hydrogens (tertiary/aromatic N) is 2. The molecule has 0 amide bonds. The van der Waals surface area contributed by atoms with Gasteiger partial charge in [-0.05, 0) is 0 Å². The monoisotopic (exact) mass is 235 g/mol. The molecule has 7 heteroatoms. The average molecular weight is 235 g/mol. The molecule has 1 aliphatic rings. The molecule has 7 nitrogen and oxygen atoms in total. The number of rotatable bonds is 2. The van der Waals surface area contributed by atoms with E-state index in [1.54, 1.807) is 0 Å². The molecule has 0 aromatic heterocycles. The minimum atomic E-state index is -0.574. The highest BCUT2D eigenvalue weighted by atomic mass is 16.6. The van der Waals surface area contributed by atoms with Gasteiger partial charge in [0.1, 0.15) is 6.10 Å². The van der Waals surface area contributed by atoms with E-state index in [-0.39, 0.29) is 35.8 Å². The van der Waals surface area contributed by atoms with Crippen molar-refractivity contribution in [2.75, 3.05) is 18.5 Å². The lowest BCUT2D eigenvalue weighted by Gasteiger charge is -2.25. The summed E-state index contributed by atoms with van der Waals surface area (Å²) in [5.74, 6) is 0.223. The van der Waals surface area contributed by atoms with Crippen LogP contribution in [0.5, 0.6) is 5.75 Å². The Hall–Kier alpha value is -2.33. The fourth-order valence-electron chi connectivity index (χ4n) is 1.62. The standard InChI is InChI=1S/C10H9N3O4/c11-3-6-1-8(13(15)16)10-9(2-6)17-7(5-14)4-12-10/h1-2,7,12,14H,4-5H2/t7-/m0/s1. The third-order valence-corrected chi connectivity index (χ3v) is 2.41. The van der Waals surface area contributed by atoms with Gasteiger partial charge in [0.25, 0.3) is 5.69 Å². The van der Waals surface area contributed by atoms with Crippen molar-refractivity contribution in [3.05, 3.63) is 27.8 Å². The van der Waals surface area contributed by atoms with Gasteiger partial charge in [0.15, 0.2) is 11.4 Å². The van der Waals surface area contributed by atoms with Crippen molar-refractivity contribution < 1.29 is 14.8 Å². The molecule has 0 saturated carbocycles. The molecule has 1 aromatic carbocycles. The van der Waals surface area contributed by atoms with E-state index in [4.69, 9.17) is 15.1 Å². The largest absolute Gasteiger partial charge is 0.484 e. The lowest BCUT2D eigenvalue weighted by atomic mass is 10.1. The fourth-order valence-corrected chi connectivity index (χ4v) is 1.62. The molecule has 1 atom stereocenters. The first-order valence-corrected chi connectivity index (χ1v) is 4.89. The van der Waals surface area contributed by atoms with Crippen LogP contribution < -0.4 is 10.1 Å². The summed E-state index contributed by atoms with van der Waals surface area (Å²) in [5, 5.41) is 31.4. The maximum atomic E-state index is 10.8. The van der Waals surface area contributed by atoms with Crippen LogP contribution in [0.2, 0.25) is 0 Å². The van der Waals surface area contributed by atoms with Crippen LogP contribution in [0.4, 0.5) is 11.4 Å². The molecule has 0 saturated heterocycles. The zero-order valence-electron chi connectivity index (χ0n) is 8.71. The van der Waals surface area contributed by atoms with E-state index in [0.717, 1.165) is 0 Å². The molecule has 0 spiro atoms. The summed E-state index contributed by atoms with van der Waals surface area (Å²) in [7, 11) is 0. The normalized spacial score (nSPS) is 17.3. The number of hydrogen-bond donors (Lipinski definition) is 2. The topological polar surface area (TPSA) is 108 Å². The smallest absolute Gasteiger partial charge is 0.297 e. The van der Waals surface area contributed by atoms with Gasteiger partial charge in [-0.1, -0.05) is 0 Å². The van der Waals surface area contributed by atoms with E-state index in [1.165, 1.54) is 12.1 Å². The number of nitro groups is 1. The van der Waals surface area contributed by atoms with Gasteiger partial charge in [-0.15, -0.1) is 0 Å². The number of hydrogen-bond acceptors (Lipinski definition) is 6. The Kier molecular flexibility index (Phi) is 2.80. The SMILES string of the molecule is N#Cc1cc2c(c([N+](=O)[O-])c1)NC[C@@H](CO)O2. The number of nitrogens with one attached hydrogen (secondary N) is 1. The molecule has 1 heterocycles. The number of benzene rings is 1. The van der Waals surface area contributed by atoms with Gasteiger partial charge >= 0.3 is 0 Å². The molecule has 17 heavy (non-hydrogen) atoms. The zero-order chi connectivity index (χ0) is 12.4. The first kappa shape index (κ1) is 11.2. The molecular weight excluding hydrogens is 226 g/mol. The molecule has 0 radical (unpaired) electrons. The lowest BCUT2D eigenvalue weighted by Crippen LogP contribution is -2.34. The van der Waals surface area contributed by atoms with E-state index in [2.05, 4.69) is 5.32 Å². The van der Waals surface area contributed by atoms with Gasteiger partial charge in [0.2, 0.25) is 0 Å². The third-order valence-electron chi connectivity index (χ3n) is 2.41. The zero-order valence-corrected chi connectivity index (χ0v) is 8.71. The van der Waals surface area contributed by atoms with Crippen LogP contribution in [0.15, 0.2) is 12.1 Å². The Labute approximate surface area is 96.4 Å². The van der Waals surface area contributed by atoms with E-state index in [0.29, 0.717) is 0 Å². The first-order valence-electron chi connectivity index (χ1n) is 4.89. The van der Waals surface area contributed by atoms with Crippen LogP contribution in [0, 0.1) is 21.4 Å². The first-order chi connectivity index (χ1) is 8.15. The predicted octanol–water partition coefficient (Wildman–Crippen LogP) is 0.632. The number of aliphatic hydroxyl groups is 1. The van der Waals surface area contributed by atoms with E-state index < -0.39 is 11.0 Å². The molecule has 1 aromatic rings. The van der Waals surface area contributed by atoms with E-state index >= 15 is 0 Å². The highest BCUT2D eigenvalue weighted by Crippen LogP contribution is 2.38. The van der Waals surface area contributed by atoms with Crippen LogP contribution >= 0.6 is 0 Å². The van der Waals surface area contributed by atoms with Crippen molar-refractivity contribution in [1.82, 2.24) is 0 Å². The summed E-state index contributed by atoms with van der Waals surface area (Å²) < 4.78 is 5.35. The van der Waals surface area contributed by atoms with Crippen molar-refractivity contribution >= 4 is 11.4 Å². The van der Waals surface area contributed by atoms with Gasteiger partial charge in [0.05, 0.1) is 29.7 Å². The summed E-state index contributed by atoms with van der Waals surface area (Å²) in [5.41, 5.74) is 0.199. The summed E-state index contributed by atoms with van der Waals surface area (Å²) >= 11 is 0. The molecule has 0 unspecified atom stereocenters. The number of nitriles is 1. The minimum Gasteiger partial charge on any atom is -0.484 e. The predicted molar refractivity (Wildman–Crippen MR) is 57.8 cm³/mol. The second-order valence-corrected chi connectivity index (χ2v) is 3.54. The number of nitro benzene ring substituents is 1. The van der Waals surface area contributed by atoms with Crippen LogP contribution in [0.1, 0.15) is 5.56 Å². The Morgan fingerprint density at radius 2 is 2.47 bits per heavy atom. The van der Waals surface area contributed by atoms with Gasteiger partial charge in [-0.3, -0.25) is 10.1 Å². The van der Waals surface area contributed by atoms with E-state index in [1.807, 2.05) is 6.07 Å². The van der Waals surface area contributed by atoms with Crippen molar-refractivity contribution in [3.63, 3.8) is 0 Å². The summed E-state index contributed by atoms with van der Waals surface area (Å²) in [6, 6.07) is 4.43. The molecule has 0 bridgehead atoms. The van der Waals surface area contributed by atoms with Gasteiger partial charge in [-0.25, -0.2) is 0 Å². The van der Waals surface area contributed by atoms with Crippen molar-refractivity contribution in [1.29, 1.82) is 5.26 Å². The minimum absolute atomic E-state index is 0.149. The molecule has 88 valence electrons. The maximum absolute atomic E-state index is 10.8. The van der Waals surface area contributed by atoms with Crippen LogP contribution in [0.3, 0.4) is 0 Å². The number of anilines is 1. The number of aliphatic hydroxyl groups excluding tert-OH is 1. The average Bonchev–Trinajstić information content (AvgIpc) is 2.36. The molecule has 0 fully saturated rings. The van der Waals surface area contributed by atoms with Crippen molar-refractivity contribution in [3.8, 4) is 11.8 Å². The summed E-state index contributed by atoms with van der Waals surface area (Å²) in [6.07, 6.45) is -0.462. The quantitative estimate of drug-likeness (QED) is 0.575. The van der Waals surface area contributed by atoms with E-state index in [9.17, 15) is 10.1 Å². The number of ether oxygens (including phenoxy) is 1. The van der Waals surface area contributed by atoms with Crippen molar-refractivity contribution in [2.24, 2.45) is 0 Å². The number of fused-ring (bicyclic) bond motifs is 1. The lowest BCUT2D eigenvalue weighted by molar-refractivity contribution is -0.384. The Morgan fingerprint density at radius 1 is 1.71 bits per heavy atom. The molecule has 2 rings (SSSR count). The molecule has 2 N–H and O–H groups in total. The molecule has 0 aliphatic carbocycles. The summed E-state index contributed by atoms with van der Waals surface area (Å²) in [4.78, 5) is 10.3. The van der Waals surface area contributed by atoms with Crippen LogP contribution in [0.25, 0.3) is 0 Å². The van der Waals surface area contributed by atoms with Gasteiger partial charge in [-0.2, -0.15) is 5.26 Å². The Balaban J connectivity index is 2.51. The summed E-state index contributed by atoms with van der Waals surface area (Å²) in [6.45, 7) is 0.0905. The maximum Gasteiger partial charge on any atom is 0.297 e. The van der Waals surface area contributed by atoms with Crippen LogP contribution in [-0.2, 0) is 0 Å². The second kappa shape index (κ2) is 4.27. The van der Waals surface area contributed by atoms with Gasteiger partial charge < -0.3 is 15.2 Å². The fraction of sp³-hybridized carbons (Fsp3) is 0.300.